The summed E-state index contributed by atoms with van der Waals surface area (Å²) in [6, 6.07) is 0. The number of hydrogen-bond acceptors (Lipinski definition) is 1. The third-order valence-corrected chi connectivity index (χ3v) is 4.04. The largest absolute Gasteiger partial charge is 0.259 e. The van der Waals surface area contributed by atoms with Crippen molar-refractivity contribution in [3.05, 3.63) is 0 Å². The Morgan fingerprint density at radius 2 is 1.91 bits per heavy atom. The van der Waals surface area contributed by atoms with Gasteiger partial charge in [-0.3, -0.25) is 4.21 Å². The molecule has 1 rings (SSSR count). The van der Waals surface area contributed by atoms with E-state index in [4.69, 9.17) is 0 Å². The normalized spacial score (nSPS) is 35.1. The van der Waals surface area contributed by atoms with Gasteiger partial charge < -0.3 is 0 Å². The van der Waals surface area contributed by atoms with Crippen molar-refractivity contribution in [3.63, 3.8) is 0 Å². The molecule has 0 N–H and O–H groups in total. The molecule has 1 nitrogen and oxygen atoms in total. The Hall–Kier alpha value is 0.0800. The first-order valence-electron chi connectivity index (χ1n) is 4.25. The van der Waals surface area contributed by atoms with Crippen LogP contribution < -0.4 is 0 Å². The van der Waals surface area contributed by atoms with Crippen LogP contribution in [-0.4, -0.2) is 21.4 Å². The van der Waals surface area contributed by atoms with E-state index in [0.717, 1.165) is 18.6 Å². The molecule has 1 unspecified atom stereocenters. The molecular weight excluding hydrogens is 163 g/mol. The molecule has 0 bridgehead atoms. The van der Waals surface area contributed by atoms with Gasteiger partial charge in [0.05, 0.1) is 0 Å². The lowest BCUT2D eigenvalue weighted by atomic mass is 9.99. The van der Waals surface area contributed by atoms with Crippen LogP contribution in [0.25, 0.3) is 0 Å². The van der Waals surface area contributed by atoms with Crippen LogP contribution in [0.4, 0.5) is 4.39 Å². The highest BCUT2D eigenvalue weighted by molar-refractivity contribution is 7.85. The molecule has 1 aliphatic carbocycles. The average Bonchev–Trinajstić information content (AvgIpc) is 2.05. The van der Waals surface area contributed by atoms with E-state index in [1.807, 2.05) is 6.92 Å². The van der Waals surface area contributed by atoms with Crippen molar-refractivity contribution in [2.75, 3.05) is 5.75 Å². The van der Waals surface area contributed by atoms with Crippen LogP contribution in [0.5, 0.6) is 0 Å². The zero-order valence-electron chi connectivity index (χ0n) is 6.88. The Kier molecular flexibility index (Phi) is 3.49. The standard InChI is InChI=1S/C8H15FOS/c1-2-11(10)8-5-3-7(9)4-6-8/h7-8H,2-6H2,1H3. The van der Waals surface area contributed by atoms with E-state index in [1.165, 1.54) is 0 Å². The van der Waals surface area contributed by atoms with Crippen molar-refractivity contribution in [2.24, 2.45) is 0 Å². The summed E-state index contributed by atoms with van der Waals surface area (Å²) in [6.45, 7) is 1.93. The van der Waals surface area contributed by atoms with Crippen LogP contribution in [0.1, 0.15) is 32.6 Å². The molecule has 0 aliphatic heterocycles. The lowest BCUT2D eigenvalue weighted by molar-refractivity contribution is 0.253. The maximum atomic E-state index is 12.6. The van der Waals surface area contributed by atoms with Crippen LogP contribution in [-0.2, 0) is 10.8 Å². The van der Waals surface area contributed by atoms with Gasteiger partial charge in [-0.1, -0.05) is 6.92 Å². The first-order valence-corrected chi connectivity index (χ1v) is 5.63. The average molecular weight is 178 g/mol. The van der Waals surface area contributed by atoms with E-state index in [-0.39, 0.29) is 5.25 Å². The van der Waals surface area contributed by atoms with Crippen LogP contribution in [0.2, 0.25) is 0 Å². The molecule has 0 radical (unpaired) electrons. The topological polar surface area (TPSA) is 17.1 Å². The molecule has 1 fully saturated rings. The molecule has 0 spiro atoms. The van der Waals surface area contributed by atoms with Gasteiger partial charge in [0.1, 0.15) is 6.17 Å². The summed E-state index contributed by atoms with van der Waals surface area (Å²) in [5.74, 6) is 0.724. The van der Waals surface area contributed by atoms with Crippen LogP contribution in [0, 0.1) is 0 Å². The summed E-state index contributed by atoms with van der Waals surface area (Å²) >= 11 is 0. The Morgan fingerprint density at radius 3 is 2.36 bits per heavy atom. The molecule has 0 heterocycles. The lowest BCUT2D eigenvalue weighted by Gasteiger charge is -2.22. The predicted molar refractivity (Wildman–Crippen MR) is 45.8 cm³/mol. The van der Waals surface area contributed by atoms with Gasteiger partial charge >= 0.3 is 0 Å². The van der Waals surface area contributed by atoms with Gasteiger partial charge in [-0.25, -0.2) is 4.39 Å². The summed E-state index contributed by atoms with van der Waals surface area (Å²) in [4.78, 5) is 0. The maximum absolute atomic E-state index is 12.6. The third-order valence-electron chi connectivity index (χ3n) is 2.26. The van der Waals surface area contributed by atoms with Gasteiger partial charge in [0.15, 0.2) is 0 Å². The van der Waals surface area contributed by atoms with Crippen molar-refractivity contribution in [1.82, 2.24) is 0 Å². The first kappa shape index (κ1) is 9.17. The molecule has 0 saturated heterocycles. The van der Waals surface area contributed by atoms with E-state index in [1.54, 1.807) is 0 Å². The van der Waals surface area contributed by atoms with Gasteiger partial charge in [0.25, 0.3) is 0 Å². The molecule has 0 aromatic rings. The molecule has 0 aromatic heterocycles. The van der Waals surface area contributed by atoms with Crippen molar-refractivity contribution in [3.8, 4) is 0 Å². The Morgan fingerprint density at radius 1 is 1.36 bits per heavy atom. The van der Waals surface area contributed by atoms with E-state index in [0.29, 0.717) is 12.8 Å². The van der Waals surface area contributed by atoms with E-state index in [9.17, 15) is 8.60 Å². The van der Waals surface area contributed by atoms with Crippen molar-refractivity contribution >= 4 is 10.8 Å². The van der Waals surface area contributed by atoms with Crippen molar-refractivity contribution < 1.29 is 8.60 Å². The summed E-state index contributed by atoms with van der Waals surface area (Å²) in [5.41, 5.74) is 0. The number of rotatable bonds is 2. The Labute approximate surface area is 69.8 Å². The van der Waals surface area contributed by atoms with Gasteiger partial charge in [-0.2, -0.15) is 0 Å². The van der Waals surface area contributed by atoms with Crippen molar-refractivity contribution in [1.29, 1.82) is 0 Å². The number of hydrogen-bond donors (Lipinski definition) is 0. The number of alkyl halides is 1. The van der Waals surface area contributed by atoms with Gasteiger partial charge in [0.2, 0.25) is 0 Å². The third kappa shape index (κ3) is 2.55. The molecule has 1 saturated carbocycles. The van der Waals surface area contributed by atoms with Crippen LogP contribution >= 0.6 is 0 Å². The second-order valence-electron chi connectivity index (χ2n) is 3.04. The molecule has 1 aliphatic rings. The zero-order chi connectivity index (χ0) is 8.27. The molecular formula is C8H15FOS. The minimum Gasteiger partial charge on any atom is -0.259 e. The summed E-state index contributed by atoms with van der Waals surface area (Å²) in [7, 11) is -0.695. The molecule has 3 heteroatoms. The molecule has 11 heavy (non-hydrogen) atoms. The highest BCUT2D eigenvalue weighted by Gasteiger charge is 2.23. The Balaban J connectivity index is 2.33. The highest BCUT2D eigenvalue weighted by atomic mass is 32.2. The summed E-state index contributed by atoms with van der Waals surface area (Å²) < 4.78 is 23.9. The number of halogens is 1. The van der Waals surface area contributed by atoms with Crippen molar-refractivity contribution in [2.45, 2.75) is 44.0 Å². The first-order chi connectivity index (χ1) is 5.24. The maximum Gasteiger partial charge on any atom is 0.100 e. The molecule has 0 aromatic carbocycles. The van der Waals surface area contributed by atoms with Gasteiger partial charge in [0, 0.05) is 21.8 Å². The van der Waals surface area contributed by atoms with Crippen LogP contribution in [0.15, 0.2) is 0 Å². The predicted octanol–water partition coefficient (Wildman–Crippen LogP) is 2.04. The molecule has 1 atom stereocenters. The lowest BCUT2D eigenvalue weighted by Crippen LogP contribution is -2.24. The van der Waals surface area contributed by atoms with Gasteiger partial charge in [-0.15, -0.1) is 0 Å². The zero-order valence-corrected chi connectivity index (χ0v) is 7.70. The second-order valence-corrected chi connectivity index (χ2v) is 5.05. The van der Waals surface area contributed by atoms with E-state index in [2.05, 4.69) is 0 Å². The monoisotopic (exact) mass is 178 g/mol. The second kappa shape index (κ2) is 4.19. The highest BCUT2D eigenvalue weighted by Crippen LogP contribution is 2.24. The van der Waals surface area contributed by atoms with Crippen LogP contribution in [0.3, 0.4) is 0 Å². The molecule has 0 amide bonds. The quantitative estimate of drug-likeness (QED) is 0.632. The fraction of sp³-hybridized carbons (Fsp3) is 1.00. The summed E-state index contributed by atoms with van der Waals surface area (Å²) in [5, 5.41) is 0.284. The smallest absolute Gasteiger partial charge is 0.100 e. The SMILES string of the molecule is CCS(=O)C1CCC(F)CC1. The minimum atomic E-state index is -0.695. The minimum absolute atomic E-state index is 0.284. The Bertz CT molecular complexity index is 141. The fourth-order valence-corrected chi connectivity index (χ4v) is 2.79. The van der Waals surface area contributed by atoms with E-state index < -0.39 is 17.0 Å². The fourth-order valence-electron chi connectivity index (χ4n) is 1.52. The van der Waals surface area contributed by atoms with Gasteiger partial charge in [-0.05, 0) is 25.7 Å². The molecule has 66 valence electrons. The summed E-state index contributed by atoms with van der Waals surface area (Å²) in [6.07, 6.45) is 2.26. The van der Waals surface area contributed by atoms with E-state index >= 15 is 0 Å².